The molecule has 0 aliphatic carbocycles. The SMILES string of the molecule is CCOc1ccc(CNC(=O)c2ccc(-c3noc(-c4ccccc4)n3)s2)cc1. The van der Waals surface area contributed by atoms with Crippen molar-refractivity contribution in [1.29, 1.82) is 0 Å². The number of hydrogen-bond donors (Lipinski definition) is 1. The Morgan fingerprint density at radius 1 is 1.07 bits per heavy atom. The number of hydrogen-bond acceptors (Lipinski definition) is 6. The number of ether oxygens (including phenoxy) is 1. The summed E-state index contributed by atoms with van der Waals surface area (Å²) < 4.78 is 10.8. The number of aromatic nitrogens is 2. The molecule has 0 unspecified atom stereocenters. The van der Waals surface area contributed by atoms with Crippen LogP contribution in [0.15, 0.2) is 71.3 Å². The van der Waals surface area contributed by atoms with Gasteiger partial charge in [-0.1, -0.05) is 35.5 Å². The molecule has 1 amide bonds. The molecule has 4 rings (SSSR count). The predicted octanol–water partition coefficient (Wildman–Crippen LogP) is 4.79. The Kier molecular flexibility index (Phi) is 5.67. The Labute approximate surface area is 172 Å². The normalized spacial score (nSPS) is 10.7. The monoisotopic (exact) mass is 405 g/mol. The second-order valence-corrected chi connectivity index (χ2v) is 7.30. The molecular formula is C22H19N3O3S. The van der Waals surface area contributed by atoms with Crippen molar-refractivity contribution in [2.75, 3.05) is 6.61 Å². The van der Waals surface area contributed by atoms with Gasteiger partial charge in [0.25, 0.3) is 11.8 Å². The van der Waals surface area contributed by atoms with Crippen LogP contribution in [0, 0.1) is 0 Å². The first-order valence-corrected chi connectivity index (χ1v) is 10.0. The van der Waals surface area contributed by atoms with Gasteiger partial charge in [-0.3, -0.25) is 4.79 Å². The molecular weight excluding hydrogens is 386 g/mol. The highest BCUT2D eigenvalue weighted by molar-refractivity contribution is 7.17. The molecule has 6 nitrogen and oxygen atoms in total. The van der Waals surface area contributed by atoms with Gasteiger partial charge in [0.1, 0.15) is 5.75 Å². The third kappa shape index (κ3) is 4.52. The molecule has 0 atom stereocenters. The third-order valence-corrected chi connectivity index (χ3v) is 5.26. The van der Waals surface area contributed by atoms with Gasteiger partial charge < -0.3 is 14.6 Å². The fraction of sp³-hybridized carbons (Fsp3) is 0.136. The maximum Gasteiger partial charge on any atom is 0.261 e. The zero-order valence-electron chi connectivity index (χ0n) is 15.8. The lowest BCUT2D eigenvalue weighted by atomic mass is 10.2. The Morgan fingerprint density at radius 2 is 1.86 bits per heavy atom. The van der Waals surface area contributed by atoms with Gasteiger partial charge in [-0.2, -0.15) is 4.98 Å². The molecule has 0 aliphatic rings. The first-order chi connectivity index (χ1) is 14.2. The molecule has 146 valence electrons. The molecule has 29 heavy (non-hydrogen) atoms. The van der Waals surface area contributed by atoms with Crippen LogP contribution in [0.5, 0.6) is 5.75 Å². The van der Waals surface area contributed by atoms with Crippen molar-refractivity contribution >= 4 is 17.2 Å². The van der Waals surface area contributed by atoms with Gasteiger partial charge in [0, 0.05) is 12.1 Å². The highest BCUT2D eigenvalue weighted by Gasteiger charge is 2.15. The molecule has 7 heteroatoms. The Bertz CT molecular complexity index is 1090. The summed E-state index contributed by atoms with van der Waals surface area (Å²) in [5.41, 5.74) is 1.86. The number of nitrogens with zero attached hydrogens (tertiary/aromatic N) is 2. The Balaban J connectivity index is 1.39. The van der Waals surface area contributed by atoms with Crippen molar-refractivity contribution in [3.05, 3.63) is 77.2 Å². The molecule has 4 aromatic rings. The van der Waals surface area contributed by atoms with Crippen LogP contribution in [-0.2, 0) is 6.54 Å². The van der Waals surface area contributed by atoms with Crippen LogP contribution < -0.4 is 10.1 Å². The number of carbonyl (C=O) groups is 1. The lowest BCUT2D eigenvalue weighted by molar-refractivity contribution is 0.0955. The van der Waals surface area contributed by atoms with Crippen LogP contribution in [0.1, 0.15) is 22.2 Å². The fourth-order valence-electron chi connectivity index (χ4n) is 2.74. The number of rotatable bonds is 7. The van der Waals surface area contributed by atoms with Crippen LogP contribution in [0.2, 0.25) is 0 Å². The van der Waals surface area contributed by atoms with Crippen molar-refractivity contribution in [2.24, 2.45) is 0 Å². The molecule has 2 heterocycles. The summed E-state index contributed by atoms with van der Waals surface area (Å²) in [5.74, 6) is 1.61. The highest BCUT2D eigenvalue weighted by atomic mass is 32.1. The van der Waals surface area contributed by atoms with E-state index in [4.69, 9.17) is 9.26 Å². The minimum absolute atomic E-state index is 0.137. The molecule has 0 saturated heterocycles. The smallest absolute Gasteiger partial charge is 0.261 e. The standard InChI is InChI=1S/C22H19N3O3S/c1-2-27-17-10-8-15(9-11-17)14-23-21(26)19-13-12-18(29-19)20-24-22(28-25-20)16-6-4-3-5-7-16/h3-13H,2,14H2,1H3,(H,23,26). The van der Waals surface area contributed by atoms with E-state index in [1.165, 1.54) is 11.3 Å². The number of thiophene rings is 1. The van der Waals surface area contributed by atoms with Gasteiger partial charge in [0.15, 0.2) is 0 Å². The molecule has 0 radical (unpaired) electrons. The van der Waals surface area contributed by atoms with E-state index in [9.17, 15) is 4.79 Å². The van der Waals surface area contributed by atoms with Crippen molar-refractivity contribution in [2.45, 2.75) is 13.5 Å². The Morgan fingerprint density at radius 3 is 2.62 bits per heavy atom. The quantitative estimate of drug-likeness (QED) is 0.478. The van der Waals surface area contributed by atoms with Crippen molar-refractivity contribution in [1.82, 2.24) is 15.5 Å². The zero-order valence-corrected chi connectivity index (χ0v) is 16.6. The molecule has 0 bridgehead atoms. The van der Waals surface area contributed by atoms with E-state index in [0.717, 1.165) is 21.8 Å². The molecule has 0 saturated carbocycles. The van der Waals surface area contributed by atoms with Crippen LogP contribution in [0.3, 0.4) is 0 Å². The average molecular weight is 405 g/mol. The average Bonchev–Trinajstić information content (AvgIpc) is 3.44. The second-order valence-electron chi connectivity index (χ2n) is 6.21. The Hall–Kier alpha value is -3.45. The first-order valence-electron chi connectivity index (χ1n) is 9.22. The van der Waals surface area contributed by atoms with E-state index in [0.29, 0.717) is 29.7 Å². The van der Waals surface area contributed by atoms with E-state index in [1.807, 2.05) is 67.6 Å². The summed E-state index contributed by atoms with van der Waals surface area (Å²) in [6, 6.07) is 20.8. The van der Waals surface area contributed by atoms with E-state index in [-0.39, 0.29) is 5.91 Å². The van der Waals surface area contributed by atoms with E-state index < -0.39 is 0 Å². The lowest BCUT2D eigenvalue weighted by Gasteiger charge is -2.06. The summed E-state index contributed by atoms with van der Waals surface area (Å²) in [4.78, 5) is 18.3. The van der Waals surface area contributed by atoms with Gasteiger partial charge in [-0.15, -0.1) is 11.3 Å². The number of benzene rings is 2. The molecule has 2 aromatic carbocycles. The fourth-order valence-corrected chi connectivity index (χ4v) is 3.59. The van der Waals surface area contributed by atoms with E-state index >= 15 is 0 Å². The molecule has 0 fully saturated rings. The van der Waals surface area contributed by atoms with Gasteiger partial charge >= 0.3 is 0 Å². The topological polar surface area (TPSA) is 77.2 Å². The second kappa shape index (κ2) is 8.70. The first kappa shape index (κ1) is 18.9. The minimum Gasteiger partial charge on any atom is -0.494 e. The third-order valence-electron chi connectivity index (χ3n) is 4.18. The van der Waals surface area contributed by atoms with Gasteiger partial charge in [-0.25, -0.2) is 0 Å². The summed E-state index contributed by atoms with van der Waals surface area (Å²) in [6.07, 6.45) is 0. The van der Waals surface area contributed by atoms with Crippen LogP contribution >= 0.6 is 11.3 Å². The van der Waals surface area contributed by atoms with E-state index in [2.05, 4.69) is 15.5 Å². The number of amides is 1. The van der Waals surface area contributed by atoms with Gasteiger partial charge in [-0.05, 0) is 48.9 Å². The van der Waals surface area contributed by atoms with Crippen LogP contribution in [0.25, 0.3) is 22.2 Å². The number of carbonyl (C=O) groups excluding carboxylic acids is 1. The molecule has 0 spiro atoms. The van der Waals surface area contributed by atoms with Crippen molar-refractivity contribution < 1.29 is 14.1 Å². The number of nitrogens with one attached hydrogen (secondary N) is 1. The van der Waals surface area contributed by atoms with Crippen molar-refractivity contribution in [3.8, 4) is 27.9 Å². The summed E-state index contributed by atoms with van der Waals surface area (Å²) in [7, 11) is 0. The highest BCUT2D eigenvalue weighted by Crippen LogP contribution is 2.28. The zero-order chi connectivity index (χ0) is 20.1. The predicted molar refractivity (Wildman–Crippen MR) is 112 cm³/mol. The van der Waals surface area contributed by atoms with Crippen molar-refractivity contribution in [3.63, 3.8) is 0 Å². The lowest BCUT2D eigenvalue weighted by Crippen LogP contribution is -2.21. The molecule has 1 N–H and O–H groups in total. The maximum absolute atomic E-state index is 12.5. The minimum atomic E-state index is -0.137. The summed E-state index contributed by atoms with van der Waals surface area (Å²) in [6.45, 7) is 3.02. The van der Waals surface area contributed by atoms with Gasteiger partial charge in [0.2, 0.25) is 5.82 Å². The maximum atomic E-state index is 12.5. The summed E-state index contributed by atoms with van der Waals surface area (Å²) >= 11 is 1.33. The largest absolute Gasteiger partial charge is 0.494 e. The molecule has 0 aliphatic heterocycles. The van der Waals surface area contributed by atoms with Crippen LogP contribution in [-0.4, -0.2) is 22.7 Å². The molecule has 2 aromatic heterocycles. The van der Waals surface area contributed by atoms with Crippen LogP contribution in [0.4, 0.5) is 0 Å². The summed E-state index contributed by atoms with van der Waals surface area (Å²) in [5, 5.41) is 6.96. The van der Waals surface area contributed by atoms with E-state index in [1.54, 1.807) is 6.07 Å². The van der Waals surface area contributed by atoms with Gasteiger partial charge in [0.05, 0.1) is 16.4 Å².